The molecule has 262 valence electrons. The monoisotopic (exact) mass is 744 g/mol. The fraction of sp³-hybridized carbons (Fsp3) is 0.400. The molecule has 0 aliphatic carbocycles. The van der Waals surface area contributed by atoms with Gasteiger partial charge in [0.1, 0.15) is 0 Å². The molecule has 0 radical (unpaired) electrons. The molecule has 0 saturated carbocycles. The van der Waals surface area contributed by atoms with Crippen molar-refractivity contribution >= 4 is 81.1 Å². The average Bonchev–Trinajstić information content (AvgIpc) is 3.98. The molecule has 0 spiro atoms. The summed E-state index contributed by atoms with van der Waals surface area (Å²) in [6.07, 6.45) is 10.1. The fourth-order valence-corrected chi connectivity index (χ4v) is 10.9. The van der Waals surface area contributed by atoms with Crippen LogP contribution in [0.15, 0.2) is 59.7 Å². The van der Waals surface area contributed by atoms with Crippen LogP contribution >= 0.6 is 45.3 Å². The van der Waals surface area contributed by atoms with Gasteiger partial charge in [-0.2, -0.15) is 0 Å². The number of rotatable bonds is 18. The predicted molar refractivity (Wildman–Crippen MR) is 210 cm³/mol. The molecule has 6 rings (SSSR count). The van der Waals surface area contributed by atoms with Crippen LogP contribution in [0.5, 0.6) is 0 Å². The predicted octanol–water partition coefficient (Wildman–Crippen LogP) is 11.1. The molecule has 4 aromatic rings. The molecular weight excluding hydrogens is 701 g/mol. The first-order valence-corrected chi connectivity index (χ1v) is 21.1. The van der Waals surface area contributed by atoms with E-state index in [1.165, 1.54) is 22.7 Å². The van der Waals surface area contributed by atoms with Crippen molar-refractivity contribution in [3.05, 3.63) is 79.2 Å². The molecule has 0 aromatic carbocycles. The van der Waals surface area contributed by atoms with E-state index in [1.54, 1.807) is 22.7 Å². The van der Waals surface area contributed by atoms with Gasteiger partial charge in [0.2, 0.25) is 0 Å². The summed E-state index contributed by atoms with van der Waals surface area (Å²) in [6.45, 7) is 9.88. The summed E-state index contributed by atoms with van der Waals surface area (Å²) in [7, 11) is 0. The Bertz CT molecular complexity index is 1800. The molecule has 10 heteroatoms. The lowest BCUT2D eigenvalue weighted by Gasteiger charge is -2.29. The number of amides is 2. The summed E-state index contributed by atoms with van der Waals surface area (Å²) in [4.78, 5) is 63.7. The van der Waals surface area contributed by atoms with Crippen LogP contribution in [0.25, 0.3) is 30.9 Å². The van der Waals surface area contributed by atoms with Crippen LogP contribution in [0.4, 0.5) is 0 Å². The van der Waals surface area contributed by atoms with E-state index in [0.29, 0.717) is 45.8 Å². The second-order valence-corrected chi connectivity index (χ2v) is 17.5. The third-order valence-electron chi connectivity index (χ3n) is 9.80. The van der Waals surface area contributed by atoms with Crippen LogP contribution in [0.2, 0.25) is 0 Å². The average molecular weight is 745 g/mol. The zero-order valence-electron chi connectivity index (χ0n) is 29.2. The van der Waals surface area contributed by atoms with Crippen molar-refractivity contribution in [1.29, 1.82) is 0 Å². The van der Waals surface area contributed by atoms with Crippen LogP contribution in [0, 0.1) is 11.8 Å². The van der Waals surface area contributed by atoms with E-state index >= 15 is 0 Å². The summed E-state index contributed by atoms with van der Waals surface area (Å²) in [5.74, 6) is 0.434. The van der Waals surface area contributed by atoms with Crippen molar-refractivity contribution in [2.75, 3.05) is 13.1 Å². The molecule has 50 heavy (non-hydrogen) atoms. The molecule has 6 heterocycles. The second kappa shape index (κ2) is 16.3. The lowest BCUT2D eigenvalue weighted by Crippen LogP contribution is -2.34. The van der Waals surface area contributed by atoms with E-state index in [4.69, 9.17) is 0 Å². The van der Waals surface area contributed by atoms with Crippen LogP contribution in [-0.4, -0.2) is 47.3 Å². The minimum absolute atomic E-state index is 0.0963. The van der Waals surface area contributed by atoms with Gasteiger partial charge in [0.25, 0.3) is 11.8 Å². The van der Waals surface area contributed by atoms with Gasteiger partial charge in [-0.15, -0.1) is 45.3 Å². The maximum Gasteiger partial charge on any atom is 0.261 e. The highest BCUT2D eigenvalue weighted by Gasteiger charge is 2.50. The molecule has 2 aliphatic heterocycles. The summed E-state index contributed by atoms with van der Waals surface area (Å²) in [6, 6.07) is 15.8. The number of hydrogen-bond acceptors (Lipinski definition) is 8. The molecular formula is C40H44N2O4S4. The van der Waals surface area contributed by atoms with Crippen molar-refractivity contribution in [2.45, 2.75) is 79.1 Å². The molecule has 0 bridgehead atoms. The highest BCUT2D eigenvalue weighted by atomic mass is 32.1. The van der Waals surface area contributed by atoms with Gasteiger partial charge in [-0.1, -0.05) is 66.2 Å². The molecule has 4 aromatic heterocycles. The van der Waals surface area contributed by atoms with Gasteiger partial charge in [0, 0.05) is 32.6 Å². The van der Waals surface area contributed by atoms with Gasteiger partial charge >= 0.3 is 0 Å². The molecule has 2 aliphatic rings. The zero-order valence-corrected chi connectivity index (χ0v) is 32.4. The summed E-state index contributed by atoms with van der Waals surface area (Å²) >= 11 is 6.05. The Morgan fingerprint density at radius 3 is 1.24 bits per heavy atom. The second-order valence-electron chi connectivity index (χ2n) is 13.1. The number of thiophene rings is 4. The number of carbonyl (C=O) groups is 4. The molecule has 0 saturated heterocycles. The number of unbranched alkanes of at least 4 members (excludes halogenated alkanes) is 2. The molecule has 0 N–H and O–H groups in total. The number of carbonyl (C=O) groups excluding carboxylic acids is 4. The molecule has 2 amide bonds. The maximum absolute atomic E-state index is 14.9. The van der Waals surface area contributed by atoms with Gasteiger partial charge in [0.15, 0.2) is 12.6 Å². The maximum atomic E-state index is 14.9. The minimum Gasteiger partial charge on any atom is -0.306 e. The van der Waals surface area contributed by atoms with Crippen molar-refractivity contribution in [3.8, 4) is 19.5 Å². The normalized spacial score (nSPS) is 15.8. The van der Waals surface area contributed by atoms with Gasteiger partial charge in [0.05, 0.1) is 42.0 Å². The summed E-state index contributed by atoms with van der Waals surface area (Å²) in [5.41, 5.74) is 2.48. The molecule has 2 atom stereocenters. The van der Waals surface area contributed by atoms with E-state index in [-0.39, 0.29) is 11.8 Å². The molecule has 2 unspecified atom stereocenters. The Kier molecular flexibility index (Phi) is 11.8. The van der Waals surface area contributed by atoms with Crippen LogP contribution in [-0.2, 0) is 9.59 Å². The van der Waals surface area contributed by atoms with Gasteiger partial charge in [-0.05, 0) is 73.2 Å². The van der Waals surface area contributed by atoms with Gasteiger partial charge in [-0.25, -0.2) is 0 Å². The highest BCUT2D eigenvalue weighted by Crippen LogP contribution is 2.51. The lowest BCUT2D eigenvalue weighted by atomic mass is 9.98. The number of nitrogens with zero attached hydrogens (tertiary/aromatic N) is 2. The number of fused-ring (bicyclic) bond motifs is 1. The Balaban J connectivity index is 1.51. The SMILES string of the molecule is CCCCC(CC)CN1C(=O)C2=C(c3ccc(-c4ccc(C=O)s4)s3)N(CC(CC)CCCC)C(=O)C2=C1c1ccc(-c2ccc(C=O)s2)s1. The third-order valence-corrected chi connectivity index (χ3v) is 14.4. The van der Waals surface area contributed by atoms with Crippen molar-refractivity contribution < 1.29 is 19.2 Å². The largest absolute Gasteiger partial charge is 0.306 e. The Morgan fingerprint density at radius 1 is 0.540 bits per heavy atom. The van der Waals surface area contributed by atoms with Crippen LogP contribution < -0.4 is 0 Å². The van der Waals surface area contributed by atoms with E-state index in [2.05, 4.69) is 27.7 Å². The number of hydrogen-bond donors (Lipinski definition) is 0. The first-order chi connectivity index (χ1) is 24.3. The first-order valence-electron chi connectivity index (χ1n) is 17.8. The van der Waals surface area contributed by atoms with E-state index in [0.717, 1.165) is 105 Å². The van der Waals surface area contributed by atoms with E-state index < -0.39 is 0 Å². The van der Waals surface area contributed by atoms with Crippen molar-refractivity contribution in [2.24, 2.45) is 11.8 Å². The lowest BCUT2D eigenvalue weighted by molar-refractivity contribution is -0.124. The Labute approximate surface area is 311 Å². The standard InChI is InChI=1S/C40H44N2O4S4/c1-5-9-11-25(7-3)21-41-37(33-19-17-31(49-33)29-15-13-27(23-43)47-29)35-36(39(41)45)38(42(40(35)46)22-26(8-4)12-10-6-2)34-20-18-32(50-34)30-16-14-28(24-44)48-30/h13-20,23-26H,5-12,21-22H2,1-4H3. The minimum atomic E-state index is -0.0963. The molecule has 6 nitrogen and oxygen atoms in total. The van der Waals surface area contributed by atoms with E-state index in [1.807, 2.05) is 58.3 Å². The Hall–Kier alpha value is -3.44. The molecule has 0 fully saturated rings. The van der Waals surface area contributed by atoms with Gasteiger partial charge < -0.3 is 9.80 Å². The highest BCUT2D eigenvalue weighted by molar-refractivity contribution is 7.24. The topological polar surface area (TPSA) is 74.8 Å². The smallest absolute Gasteiger partial charge is 0.261 e. The summed E-state index contributed by atoms with van der Waals surface area (Å²) < 4.78 is 0. The van der Waals surface area contributed by atoms with Crippen LogP contribution in [0.3, 0.4) is 0 Å². The van der Waals surface area contributed by atoms with Crippen LogP contribution in [0.1, 0.15) is 108 Å². The van der Waals surface area contributed by atoms with E-state index in [9.17, 15) is 19.2 Å². The number of aldehydes is 2. The van der Waals surface area contributed by atoms with Crippen molar-refractivity contribution in [3.63, 3.8) is 0 Å². The van der Waals surface area contributed by atoms with Gasteiger partial charge in [-0.3, -0.25) is 19.2 Å². The zero-order chi connectivity index (χ0) is 35.4. The third kappa shape index (κ3) is 7.17. The fourth-order valence-electron chi connectivity index (χ4n) is 6.90. The van der Waals surface area contributed by atoms with Crippen molar-refractivity contribution in [1.82, 2.24) is 9.80 Å². The first kappa shape index (κ1) is 36.4. The Morgan fingerprint density at radius 2 is 0.900 bits per heavy atom. The quantitative estimate of drug-likeness (QED) is 0.0951. The summed E-state index contributed by atoms with van der Waals surface area (Å²) in [5, 5.41) is 0.